The van der Waals surface area contributed by atoms with Gasteiger partial charge in [0, 0.05) is 31.7 Å². The van der Waals surface area contributed by atoms with Crippen molar-refractivity contribution < 1.29 is 4.79 Å². The summed E-state index contributed by atoms with van der Waals surface area (Å²) in [4.78, 5) is 20.6. The number of aliphatic imine (C=N–C) groups is 1. The number of rotatable bonds is 8. The molecule has 0 aromatic carbocycles. The number of carbonyl (C=O) groups excluding carboxylic acids is 1. The number of carbonyl (C=O) groups is 1. The topological polar surface area (TPSA) is 78.4 Å². The lowest BCUT2D eigenvalue weighted by atomic mass is 9.95. The van der Waals surface area contributed by atoms with Crippen molar-refractivity contribution in [2.45, 2.75) is 57.9 Å². The Kier molecular flexibility index (Phi) is 12.4. The van der Waals surface area contributed by atoms with E-state index in [1.54, 1.807) is 12.3 Å². The molecule has 0 bridgehead atoms. The SMILES string of the molecule is CCNC(=NCCC(=O)NC1CCCCC1)NCCc1ccc(Cl)nc1.I. The first kappa shape index (κ1) is 23.9. The molecular formula is C19H31ClIN5O. The normalized spacial score (nSPS) is 15.0. The first-order valence-corrected chi connectivity index (χ1v) is 9.97. The monoisotopic (exact) mass is 507 g/mol. The first-order valence-electron chi connectivity index (χ1n) is 9.59. The summed E-state index contributed by atoms with van der Waals surface area (Å²) in [6, 6.07) is 4.12. The molecule has 0 saturated heterocycles. The summed E-state index contributed by atoms with van der Waals surface area (Å²) >= 11 is 5.79. The van der Waals surface area contributed by atoms with Gasteiger partial charge < -0.3 is 16.0 Å². The Labute approximate surface area is 184 Å². The van der Waals surface area contributed by atoms with Crippen LogP contribution >= 0.6 is 35.6 Å². The van der Waals surface area contributed by atoms with Crippen LogP contribution in [0.25, 0.3) is 0 Å². The summed E-state index contributed by atoms with van der Waals surface area (Å²) < 4.78 is 0. The minimum Gasteiger partial charge on any atom is -0.357 e. The molecule has 1 saturated carbocycles. The van der Waals surface area contributed by atoms with Crippen LogP contribution in [0.2, 0.25) is 5.15 Å². The second-order valence-corrected chi connectivity index (χ2v) is 6.97. The second kappa shape index (κ2) is 14.0. The third-order valence-electron chi connectivity index (χ3n) is 4.42. The van der Waals surface area contributed by atoms with E-state index in [9.17, 15) is 4.79 Å². The maximum atomic E-state index is 12.0. The number of nitrogens with one attached hydrogen (secondary N) is 3. The lowest BCUT2D eigenvalue weighted by Gasteiger charge is -2.22. The van der Waals surface area contributed by atoms with Gasteiger partial charge in [0.15, 0.2) is 5.96 Å². The van der Waals surface area contributed by atoms with Crippen LogP contribution in [0, 0.1) is 0 Å². The van der Waals surface area contributed by atoms with Crippen molar-refractivity contribution in [2.75, 3.05) is 19.6 Å². The number of halogens is 2. The molecule has 1 aliphatic carbocycles. The number of guanidine groups is 1. The van der Waals surface area contributed by atoms with Crippen LogP contribution in [0.1, 0.15) is 51.0 Å². The van der Waals surface area contributed by atoms with E-state index in [2.05, 4.69) is 25.9 Å². The van der Waals surface area contributed by atoms with Crippen LogP contribution in [0.5, 0.6) is 0 Å². The minimum atomic E-state index is 0. The molecule has 6 nitrogen and oxygen atoms in total. The lowest BCUT2D eigenvalue weighted by molar-refractivity contribution is -0.121. The van der Waals surface area contributed by atoms with Gasteiger partial charge in [0.2, 0.25) is 5.91 Å². The number of hydrogen-bond acceptors (Lipinski definition) is 3. The van der Waals surface area contributed by atoms with Gasteiger partial charge in [0.05, 0.1) is 6.54 Å². The molecule has 1 aromatic heterocycles. The maximum absolute atomic E-state index is 12.0. The van der Waals surface area contributed by atoms with Crippen LogP contribution in [0.3, 0.4) is 0 Å². The number of nitrogens with zero attached hydrogens (tertiary/aromatic N) is 2. The molecule has 152 valence electrons. The predicted octanol–water partition coefficient (Wildman–Crippen LogP) is 3.29. The summed E-state index contributed by atoms with van der Waals surface area (Å²) in [5.74, 6) is 0.837. The van der Waals surface area contributed by atoms with Gasteiger partial charge in [-0.2, -0.15) is 0 Å². The third kappa shape index (κ3) is 10.1. The fourth-order valence-corrected chi connectivity index (χ4v) is 3.15. The summed E-state index contributed by atoms with van der Waals surface area (Å²) in [5.41, 5.74) is 1.12. The van der Waals surface area contributed by atoms with Gasteiger partial charge in [0.25, 0.3) is 0 Å². The molecule has 0 spiro atoms. The smallest absolute Gasteiger partial charge is 0.222 e. The highest BCUT2D eigenvalue weighted by molar-refractivity contribution is 14.0. The average molecular weight is 508 g/mol. The summed E-state index contributed by atoms with van der Waals surface area (Å²) in [6.07, 6.45) is 8.99. The molecule has 0 aliphatic heterocycles. The zero-order valence-electron chi connectivity index (χ0n) is 16.0. The molecule has 3 N–H and O–H groups in total. The molecule has 0 radical (unpaired) electrons. The third-order valence-corrected chi connectivity index (χ3v) is 4.64. The van der Waals surface area contributed by atoms with Crippen LogP contribution in [0.4, 0.5) is 0 Å². The Morgan fingerprint density at radius 3 is 2.70 bits per heavy atom. The molecule has 1 fully saturated rings. The molecule has 1 amide bonds. The van der Waals surface area contributed by atoms with E-state index in [4.69, 9.17) is 11.6 Å². The molecule has 1 heterocycles. The van der Waals surface area contributed by atoms with Crippen LogP contribution < -0.4 is 16.0 Å². The van der Waals surface area contributed by atoms with Crippen molar-refractivity contribution in [3.63, 3.8) is 0 Å². The molecule has 0 atom stereocenters. The standard InChI is InChI=1S/C19H30ClN5O.HI/c1-2-21-19(22-12-10-15-8-9-17(20)24-14-15)23-13-11-18(26)25-16-6-4-3-5-7-16;/h8-9,14,16H,2-7,10-13H2,1H3,(H,25,26)(H2,21,22,23);1H. The van der Waals surface area contributed by atoms with Crippen molar-refractivity contribution in [2.24, 2.45) is 4.99 Å². The van der Waals surface area contributed by atoms with Gasteiger partial charge in [-0.05, 0) is 37.8 Å². The van der Waals surface area contributed by atoms with E-state index in [0.29, 0.717) is 24.2 Å². The predicted molar refractivity (Wildman–Crippen MR) is 122 cm³/mol. The molecular weight excluding hydrogens is 477 g/mol. The van der Waals surface area contributed by atoms with Gasteiger partial charge in [-0.15, -0.1) is 24.0 Å². The molecule has 27 heavy (non-hydrogen) atoms. The van der Waals surface area contributed by atoms with Crippen LogP contribution in [0.15, 0.2) is 23.3 Å². The molecule has 1 aromatic rings. The van der Waals surface area contributed by atoms with E-state index in [1.807, 2.05) is 13.0 Å². The minimum absolute atomic E-state index is 0. The van der Waals surface area contributed by atoms with Crippen molar-refractivity contribution in [3.05, 3.63) is 29.0 Å². The fraction of sp³-hybridized carbons (Fsp3) is 0.632. The van der Waals surface area contributed by atoms with E-state index in [0.717, 1.165) is 43.9 Å². The van der Waals surface area contributed by atoms with E-state index < -0.39 is 0 Å². The molecule has 0 unspecified atom stereocenters. The fourth-order valence-electron chi connectivity index (χ4n) is 3.04. The Morgan fingerprint density at radius 2 is 2.04 bits per heavy atom. The quantitative estimate of drug-likeness (QED) is 0.218. The van der Waals surface area contributed by atoms with Gasteiger partial charge in [-0.1, -0.05) is 36.9 Å². The number of pyridine rings is 1. The molecule has 1 aliphatic rings. The Balaban J connectivity index is 0.00000364. The zero-order valence-corrected chi connectivity index (χ0v) is 19.1. The maximum Gasteiger partial charge on any atom is 0.222 e. The molecule has 2 rings (SSSR count). The Hall–Kier alpha value is -1.09. The summed E-state index contributed by atoms with van der Waals surface area (Å²) in [7, 11) is 0. The largest absolute Gasteiger partial charge is 0.357 e. The van der Waals surface area contributed by atoms with Crippen molar-refractivity contribution >= 4 is 47.4 Å². The number of hydrogen-bond donors (Lipinski definition) is 3. The van der Waals surface area contributed by atoms with Crippen molar-refractivity contribution in [3.8, 4) is 0 Å². The highest BCUT2D eigenvalue weighted by Gasteiger charge is 2.15. The number of amides is 1. The van der Waals surface area contributed by atoms with E-state index >= 15 is 0 Å². The summed E-state index contributed by atoms with van der Waals surface area (Å²) in [5, 5.41) is 10.1. The van der Waals surface area contributed by atoms with Gasteiger partial charge in [-0.3, -0.25) is 9.79 Å². The van der Waals surface area contributed by atoms with Gasteiger partial charge in [0.1, 0.15) is 5.15 Å². The Bertz CT molecular complexity index is 576. The van der Waals surface area contributed by atoms with Crippen molar-refractivity contribution in [1.82, 2.24) is 20.9 Å². The average Bonchev–Trinajstić information content (AvgIpc) is 2.64. The number of aromatic nitrogens is 1. The van der Waals surface area contributed by atoms with Crippen LogP contribution in [-0.2, 0) is 11.2 Å². The van der Waals surface area contributed by atoms with E-state index in [-0.39, 0.29) is 29.9 Å². The van der Waals surface area contributed by atoms with Crippen LogP contribution in [-0.4, -0.2) is 42.5 Å². The van der Waals surface area contributed by atoms with Gasteiger partial charge in [-0.25, -0.2) is 4.98 Å². The second-order valence-electron chi connectivity index (χ2n) is 6.58. The highest BCUT2D eigenvalue weighted by atomic mass is 127. The molecule has 8 heteroatoms. The van der Waals surface area contributed by atoms with Gasteiger partial charge >= 0.3 is 0 Å². The Morgan fingerprint density at radius 1 is 1.26 bits per heavy atom. The zero-order chi connectivity index (χ0) is 18.6. The highest BCUT2D eigenvalue weighted by Crippen LogP contribution is 2.17. The summed E-state index contributed by atoms with van der Waals surface area (Å²) in [6.45, 7) is 4.03. The first-order chi connectivity index (χ1) is 12.7. The van der Waals surface area contributed by atoms with Crippen molar-refractivity contribution in [1.29, 1.82) is 0 Å². The van der Waals surface area contributed by atoms with E-state index in [1.165, 1.54) is 19.3 Å². The lowest BCUT2D eigenvalue weighted by Crippen LogP contribution is -2.39.